The normalized spacial score (nSPS) is 47.5. The topological polar surface area (TPSA) is 29.3 Å². The molecule has 0 aliphatic heterocycles. The lowest BCUT2D eigenvalue weighted by atomic mass is 9.45. The predicted octanol–water partition coefficient (Wildman–Crippen LogP) is 2.48. The Hall–Kier alpha value is -0.0800. The van der Waals surface area contributed by atoms with E-state index in [1.165, 1.54) is 38.5 Å². The Balaban J connectivity index is 1.86. The summed E-state index contributed by atoms with van der Waals surface area (Å²) in [7, 11) is 4.32. The molecule has 2 heteroatoms. The minimum absolute atomic E-state index is 0.00646. The van der Waals surface area contributed by atoms with Gasteiger partial charge in [-0.2, -0.15) is 0 Å². The van der Waals surface area contributed by atoms with Gasteiger partial charge in [-0.1, -0.05) is 0 Å². The van der Waals surface area contributed by atoms with Crippen LogP contribution in [0.25, 0.3) is 0 Å². The van der Waals surface area contributed by atoms with Gasteiger partial charge in [-0.15, -0.1) is 0 Å². The second-order valence-electron chi connectivity index (χ2n) is 7.85. The summed E-state index contributed by atoms with van der Waals surface area (Å²) in [5.74, 6) is 3.02. The van der Waals surface area contributed by atoms with E-state index in [0.717, 1.165) is 24.3 Å². The van der Waals surface area contributed by atoms with Gasteiger partial charge in [-0.05, 0) is 82.7 Å². The maximum atomic E-state index is 6.78. The summed E-state index contributed by atoms with van der Waals surface area (Å²) < 4.78 is 0. The third kappa shape index (κ3) is 1.84. The van der Waals surface area contributed by atoms with E-state index in [1.807, 2.05) is 0 Å². The van der Waals surface area contributed by atoms with Gasteiger partial charge >= 0.3 is 0 Å². The lowest BCUT2D eigenvalue weighted by Gasteiger charge is -2.62. The molecule has 17 heavy (non-hydrogen) atoms. The maximum Gasteiger partial charge on any atom is 0.0311 e. The number of nitrogens with zero attached hydrogens (tertiary/aromatic N) is 1. The monoisotopic (exact) mass is 236 g/mol. The van der Waals surface area contributed by atoms with Crippen molar-refractivity contribution in [1.82, 2.24) is 4.90 Å². The van der Waals surface area contributed by atoms with Crippen molar-refractivity contribution in [3.05, 3.63) is 0 Å². The number of rotatable bonds is 3. The zero-order valence-electron chi connectivity index (χ0n) is 11.7. The first kappa shape index (κ1) is 12.0. The molecular formula is C15H28N2. The Morgan fingerprint density at radius 3 is 1.82 bits per heavy atom. The zero-order valence-corrected chi connectivity index (χ0v) is 11.7. The van der Waals surface area contributed by atoms with E-state index < -0.39 is 0 Å². The summed E-state index contributed by atoms with van der Waals surface area (Å²) in [4.78, 5) is 2.28. The number of hydrogen-bond acceptors (Lipinski definition) is 2. The van der Waals surface area contributed by atoms with Crippen LogP contribution in [0.5, 0.6) is 0 Å². The summed E-state index contributed by atoms with van der Waals surface area (Å²) in [5.41, 5.74) is 7.25. The van der Waals surface area contributed by atoms with E-state index in [9.17, 15) is 0 Å². The molecule has 4 rings (SSSR count). The summed E-state index contributed by atoms with van der Waals surface area (Å²) in [6.07, 6.45) is 8.78. The highest BCUT2D eigenvalue weighted by Crippen LogP contribution is 2.63. The van der Waals surface area contributed by atoms with Gasteiger partial charge < -0.3 is 10.6 Å². The van der Waals surface area contributed by atoms with Gasteiger partial charge in [0.05, 0.1) is 0 Å². The molecule has 0 radical (unpaired) electrons. The van der Waals surface area contributed by atoms with Crippen LogP contribution in [0.2, 0.25) is 0 Å². The fourth-order valence-electron chi connectivity index (χ4n) is 5.63. The minimum atomic E-state index is 0.00646. The lowest BCUT2D eigenvalue weighted by molar-refractivity contribution is -0.0973. The molecule has 2 nitrogen and oxygen atoms in total. The molecule has 2 N–H and O–H groups in total. The van der Waals surface area contributed by atoms with Crippen LogP contribution in [0.15, 0.2) is 0 Å². The molecule has 4 aliphatic rings. The first-order valence-electron chi connectivity index (χ1n) is 7.34. The Morgan fingerprint density at radius 2 is 1.47 bits per heavy atom. The first-order valence-corrected chi connectivity index (χ1v) is 7.34. The molecule has 0 heterocycles. The molecule has 0 spiro atoms. The summed E-state index contributed by atoms with van der Waals surface area (Å²) in [6, 6.07) is 0. The molecule has 4 aliphatic carbocycles. The number of nitrogens with two attached hydrogens (primary N) is 1. The van der Waals surface area contributed by atoms with Gasteiger partial charge in [0, 0.05) is 12.1 Å². The van der Waals surface area contributed by atoms with Gasteiger partial charge in [-0.25, -0.2) is 0 Å². The van der Waals surface area contributed by atoms with Crippen LogP contribution in [-0.2, 0) is 0 Å². The van der Waals surface area contributed by atoms with Crippen molar-refractivity contribution in [2.24, 2.45) is 28.9 Å². The van der Waals surface area contributed by atoms with Gasteiger partial charge in [0.2, 0.25) is 0 Å². The second-order valence-corrected chi connectivity index (χ2v) is 7.85. The Labute approximate surface area is 106 Å². The Bertz CT molecular complexity index is 271. The second kappa shape index (κ2) is 3.71. The minimum Gasteiger partial charge on any atom is -0.324 e. The highest BCUT2D eigenvalue weighted by atomic mass is 15.1. The fraction of sp³-hybridized carbons (Fsp3) is 1.00. The van der Waals surface area contributed by atoms with Crippen LogP contribution in [0.1, 0.15) is 45.4 Å². The zero-order chi connectivity index (χ0) is 12.3. The van der Waals surface area contributed by atoms with Gasteiger partial charge in [0.15, 0.2) is 0 Å². The molecule has 0 aromatic carbocycles. The average molecular weight is 236 g/mol. The van der Waals surface area contributed by atoms with Crippen molar-refractivity contribution in [1.29, 1.82) is 0 Å². The van der Waals surface area contributed by atoms with Crippen LogP contribution < -0.4 is 5.73 Å². The van der Waals surface area contributed by atoms with Crippen LogP contribution >= 0.6 is 0 Å². The first-order chi connectivity index (χ1) is 7.90. The maximum absolute atomic E-state index is 6.78. The molecule has 0 saturated heterocycles. The van der Waals surface area contributed by atoms with Crippen molar-refractivity contribution < 1.29 is 0 Å². The highest BCUT2D eigenvalue weighted by molar-refractivity contribution is 5.11. The van der Waals surface area contributed by atoms with E-state index in [0.29, 0.717) is 5.41 Å². The van der Waals surface area contributed by atoms with E-state index >= 15 is 0 Å². The van der Waals surface area contributed by atoms with Gasteiger partial charge in [0.25, 0.3) is 0 Å². The largest absolute Gasteiger partial charge is 0.324 e. The van der Waals surface area contributed by atoms with Crippen molar-refractivity contribution in [3.63, 3.8) is 0 Å². The van der Waals surface area contributed by atoms with Crippen molar-refractivity contribution in [3.8, 4) is 0 Å². The van der Waals surface area contributed by atoms with Crippen LogP contribution in [0.4, 0.5) is 0 Å². The van der Waals surface area contributed by atoms with Crippen molar-refractivity contribution in [2.75, 3.05) is 20.6 Å². The van der Waals surface area contributed by atoms with E-state index in [-0.39, 0.29) is 5.54 Å². The van der Waals surface area contributed by atoms with Gasteiger partial charge in [0.1, 0.15) is 0 Å². The number of likely N-dealkylation sites (N-methyl/N-ethyl adjacent to an activating group) is 1. The average Bonchev–Trinajstić information content (AvgIpc) is 2.12. The highest BCUT2D eigenvalue weighted by Gasteiger charge is 2.57. The van der Waals surface area contributed by atoms with Crippen molar-refractivity contribution in [2.45, 2.75) is 51.0 Å². The van der Waals surface area contributed by atoms with E-state index in [4.69, 9.17) is 5.73 Å². The summed E-state index contributed by atoms with van der Waals surface area (Å²) in [6.45, 7) is 3.36. The summed E-state index contributed by atoms with van der Waals surface area (Å²) in [5, 5.41) is 0. The molecule has 1 atom stereocenters. The van der Waals surface area contributed by atoms with Crippen LogP contribution in [0.3, 0.4) is 0 Å². The number of hydrogen-bond donors (Lipinski definition) is 1. The predicted molar refractivity (Wildman–Crippen MR) is 71.8 cm³/mol. The third-order valence-electron chi connectivity index (χ3n) is 5.89. The van der Waals surface area contributed by atoms with Crippen molar-refractivity contribution >= 4 is 0 Å². The molecule has 1 unspecified atom stereocenters. The standard InChI is InChI=1S/C15H28N2/c1-14(16,10-17(2)3)15-7-11-4-12(8-15)6-13(5-11)9-15/h11-13H,4-10,16H2,1-3H3. The Kier molecular flexibility index (Phi) is 2.61. The SMILES string of the molecule is CN(C)CC(C)(N)C12CC3CC(CC(C3)C1)C2. The molecule has 0 aromatic heterocycles. The lowest BCUT2D eigenvalue weighted by Crippen LogP contribution is -2.64. The third-order valence-corrected chi connectivity index (χ3v) is 5.89. The molecule has 0 amide bonds. The van der Waals surface area contributed by atoms with Gasteiger partial charge in [-0.3, -0.25) is 0 Å². The Morgan fingerprint density at radius 1 is 1.06 bits per heavy atom. The smallest absolute Gasteiger partial charge is 0.0311 e. The van der Waals surface area contributed by atoms with Crippen LogP contribution in [0, 0.1) is 23.2 Å². The quantitative estimate of drug-likeness (QED) is 0.815. The molecular weight excluding hydrogens is 208 g/mol. The molecule has 4 bridgehead atoms. The molecule has 0 aromatic rings. The fourth-order valence-corrected chi connectivity index (χ4v) is 5.63. The van der Waals surface area contributed by atoms with E-state index in [2.05, 4.69) is 25.9 Å². The summed E-state index contributed by atoms with van der Waals surface area (Å²) >= 11 is 0. The molecule has 98 valence electrons. The molecule has 4 saturated carbocycles. The molecule has 4 fully saturated rings. The van der Waals surface area contributed by atoms with Crippen LogP contribution in [-0.4, -0.2) is 31.1 Å². The van der Waals surface area contributed by atoms with E-state index in [1.54, 1.807) is 0 Å².